The second-order valence-electron chi connectivity index (χ2n) is 3.47. The van der Waals surface area contributed by atoms with E-state index in [9.17, 15) is 4.79 Å². The summed E-state index contributed by atoms with van der Waals surface area (Å²) in [5.74, 6) is 0.436. The predicted octanol–water partition coefficient (Wildman–Crippen LogP) is 2.90. The van der Waals surface area contributed by atoms with Crippen LogP contribution in [0.5, 0.6) is 5.75 Å². The summed E-state index contributed by atoms with van der Waals surface area (Å²) in [6.45, 7) is 1.86. The van der Waals surface area contributed by atoms with Crippen LogP contribution < -0.4 is 15.8 Å². The second-order valence-corrected chi connectivity index (χ2v) is 5.18. The van der Waals surface area contributed by atoms with Crippen molar-refractivity contribution >= 4 is 43.5 Å². The van der Waals surface area contributed by atoms with Gasteiger partial charge in [0.15, 0.2) is 0 Å². The van der Waals surface area contributed by atoms with Gasteiger partial charge in [0.2, 0.25) is 5.91 Å². The molecule has 17 heavy (non-hydrogen) atoms. The number of carbonyl (C=O) groups excluding carboxylic acids is 1. The van der Waals surface area contributed by atoms with Crippen molar-refractivity contribution in [1.82, 2.24) is 0 Å². The first kappa shape index (κ1) is 14.5. The fraction of sp³-hybridized carbons (Fsp3) is 0.364. The van der Waals surface area contributed by atoms with Crippen molar-refractivity contribution in [2.24, 2.45) is 5.73 Å². The number of nitrogens with two attached hydrogens (primary N) is 1. The predicted molar refractivity (Wildman–Crippen MR) is 75.3 cm³/mol. The number of halogens is 2. The molecule has 0 spiro atoms. The number of benzene rings is 1. The Morgan fingerprint density at radius 3 is 2.65 bits per heavy atom. The molecule has 6 heteroatoms. The van der Waals surface area contributed by atoms with Crippen LogP contribution in [0.25, 0.3) is 0 Å². The van der Waals surface area contributed by atoms with Gasteiger partial charge < -0.3 is 15.8 Å². The van der Waals surface area contributed by atoms with Crippen molar-refractivity contribution in [1.29, 1.82) is 0 Å². The van der Waals surface area contributed by atoms with Gasteiger partial charge in [-0.25, -0.2) is 0 Å². The molecule has 0 saturated carbocycles. The van der Waals surface area contributed by atoms with E-state index in [2.05, 4.69) is 37.2 Å². The van der Waals surface area contributed by atoms with Crippen molar-refractivity contribution in [2.75, 3.05) is 12.4 Å². The molecule has 1 aromatic rings. The summed E-state index contributed by atoms with van der Waals surface area (Å²) in [7, 11) is 1.57. The smallest absolute Gasteiger partial charge is 0.241 e. The molecule has 0 saturated heterocycles. The molecule has 0 unspecified atom stereocenters. The third-order valence-electron chi connectivity index (χ3n) is 2.28. The number of nitrogens with one attached hydrogen (secondary N) is 1. The lowest BCUT2D eigenvalue weighted by Crippen LogP contribution is -2.34. The van der Waals surface area contributed by atoms with Gasteiger partial charge in [0.25, 0.3) is 0 Å². The van der Waals surface area contributed by atoms with E-state index in [4.69, 9.17) is 10.5 Å². The largest absolute Gasteiger partial charge is 0.495 e. The van der Waals surface area contributed by atoms with Crippen LogP contribution in [0.15, 0.2) is 21.1 Å². The molecule has 1 atom stereocenters. The van der Waals surface area contributed by atoms with Gasteiger partial charge in [-0.15, -0.1) is 0 Å². The average Bonchev–Trinajstić information content (AvgIpc) is 2.31. The molecule has 1 rings (SSSR count). The molecule has 0 aliphatic carbocycles. The number of hydrogen-bond donors (Lipinski definition) is 2. The van der Waals surface area contributed by atoms with Crippen molar-refractivity contribution in [3.8, 4) is 5.75 Å². The number of hydrogen-bond acceptors (Lipinski definition) is 3. The van der Waals surface area contributed by atoms with Gasteiger partial charge in [0.1, 0.15) is 5.75 Å². The molecule has 0 aliphatic rings. The lowest BCUT2D eigenvalue weighted by molar-refractivity contribution is -0.117. The molecule has 0 aromatic heterocycles. The molecule has 1 amide bonds. The van der Waals surface area contributed by atoms with Crippen LogP contribution in [0.2, 0.25) is 0 Å². The minimum absolute atomic E-state index is 0.211. The number of methoxy groups -OCH3 is 1. The van der Waals surface area contributed by atoms with Crippen molar-refractivity contribution in [3.05, 3.63) is 21.1 Å². The Morgan fingerprint density at radius 2 is 2.12 bits per heavy atom. The summed E-state index contributed by atoms with van der Waals surface area (Å²) >= 11 is 6.73. The van der Waals surface area contributed by atoms with Gasteiger partial charge in [0, 0.05) is 10.5 Å². The molecule has 94 valence electrons. The standard InChI is InChI=1S/C11H14Br2N2O2/c1-3-8(14)11(16)15-9-5-10(17-2)7(13)4-6(9)12/h4-5,8H,3,14H2,1-2H3,(H,15,16)/t8-/m0/s1. The summed E-state index contributed by atoms with van der Waals surface area (Å²) < 4.78 is 6.73. The SMILES string of the molecule is CC[C@H](N)C(=O)Nc1cc(OC)c(Br)cc1Br. The maximum absolute atomic E-state index is 11.7. The van der Waals surface area contributed by atoms with Gasteiger partial charge in [-0.1, -0.05) is 6.92 Å². The molecule has 1 aromatic carbocycles. The number of rotatable bonds is 4. The highest BCUT2D eigenvalue weighted by molar-refractivity contribution is 9.11. The topological polar surface area (TPSA) is 64.4 Å². The minimum Gasteiger partial charge on any atom is -0.495 e. The van der Waals surface area contributed by atoms with Gasteiger partial charge in [-0.2, -0.15) is 0 Å². The summed E-state index contributed by atoms with van der Waals surface area (Å²) in [5, 5.41) is 2.75. The van der Waals surface area contributed by atoms with E-state index >= 15 is 0 Å². The molecule has 4 nitrogen and oxygen atoms in total. The maximum atomic E-state index is 11.7. The molecule has 0 aliphatic heterocycles. The lowest BCUT2D eigenvalue weighted by Gasteiger charge is -2.13. The van der Waals surface area contributed by atoms with E-state index < -0.39 is 6.04 Å². The number of carbonyl (C=O) groups is 1. The molecule has 0 bridgehead atoms. The highest BCUT2D eigenvalue weighted by atomic mass is 79.9. The number of ether oxygens (including phenoxy) is 1. The first-order chi connectivity index (χ1) is 7.99. The summed E-state index contributed by atoms with van der Waals surface area (Å²) in [6, 6.07) is 3.04. The van der Waals surface area contributed by atoms with Crippen LogP contribution >= 0.6 is 31.9 Å². The van der Waals surface area contributed by atoms with E-state index in [1.807, 2.05) is 13.0 Å². The zero-order valence-electron chi connectivity index (χ0n) is 9.59. The highest BCUT2D eigenvalue weighted by Gasteiger charge is 2.14. The maximum Gasteiger partial charge on any atom is 0.241 e. The van der Waals surface area contributed by atoms with Crippen LogP contribution in [0.3, 0.4) is 0 Å². The van der Waals surface area contributed by atoms with Gasteiger partial charge >= 0.3 is 0 Å². The third-order valence-corrected chi connectivity index (χ3v) is 3.55. The summed E-state index contributed by atoms with van der Waals surface area (Å²) in [6.07, 6.45) is 0.594. The summed E-state index contributed by atoms with van der Waals surface area (Å²) in [4.78, 5) is 11.7. The minimum atomic E-state index is -0.503. The van der Waals surface area contributed by atoms with Crippen LogP contribution in [-0.4, -0.2) is 19.1 Å². The molecular weight excluding hydrogens is 352 g/mol. The fourth-order valence-corrected chi connectivity index (χ4v) is 2.45. The average molecular weight is 366 g/mol. The second kappa shape index (κ2) is 6.37. The zero-order valence-corrected chi connectivity index (χ0v) is 12.8. The number of anilines is 1. The molecule has 3 N–H and O–H groups in total. The highest BCUT2D eigenvalue weighted by Crippen LogP contribution is 2.34. The molecule has 0 heterocycles. The quantitative estimate of drug-likeness (QED) is 0.862. The van der Waals surface area contributed by atoms with Crippen LogP contribution in [0.1, 0.15) is 13.3 Å². The Hall–Kier alpha value is -0.590. The Balaban J connectivity index is 2.95. The fourth-order valence-electron chi connectivity index (χ4n) is 1.19. The monoisotopic (exact) mass is 364 g/mol. The summed E-state index contributed by atoms with van der Waals surface area (Å²) in [5.41, 5.74) is 6.28. The van der Waals surface area contributed by atoms with Gasteiger partial charge in [-0.05, 0) is 44.3 Å². The van der Waals surface area contributed by atoms with Gasteiger partial charge in [-0.3, -0.25) is 4.79 Å². The van der Waals surface area contributed by atoms with Crippen LogP contribution in [-0.2, 0) is 4.79 Å². The Morgan fingerprint density at radius 1 is 1.47 bits per heavy atom. The molecule has 0 radical (unpaired) electrons. The first-order valence-electron chi connectivity index (χ1n) is 5.09. The van der Waals surface area contributed by atoms with Crippen LogP contribution in [0.4, 0.5) is 5.69 Å². The molecular formula is C11H14Br2N2O2. The number of amides is 1. The normalized spacial score (nSPS) is 12.1. The van der Waals surface area contributed by atoms with E-state index in [1.54, 1.807) is 13.2 Å². The van der Waals surface area contributed by atoms with E-state index in [1.165, 1.54) is 0 Å². The zero-order chi connectivity index (χ0) is 13.0. The first-order valence-corrected chi connectivity index (χ1v) is 6.67. The van der Waals surface area contributed by atoms with Crippen molar-refractivity contribution in [2.45, 2.75) is 19.4 Å². The Bertz CT molecular complexity index is 424. The Kier molecular flexibility index (Phi) is 5.42. The van der Waals surface area contributed by atoms with Crippen LogP contribution in [0, 0.1) is 0 Å². The third kappa shape index (κ3) is 3.69. The molecule has 0 fully saturated rings. The van der Waals surface area contributed by atoms with E-state index in [0.717, 1.165) is 8.95 Å². The van der Waals surface area contributed by atoms with Gasteiger partial charge in [0.05, 0.1) is 23.3 Å². The van der Waals surface area contributed by atoms with Crippen molar-refractivity contribution in [3.63, 3.8) is 0 Å². The van der Waals surface area contributed by atoms with E-state index in [0.29, 0.717) is 17.9 Å². The lowest BCUT2D eigenvalue weighted by atomic mass is 10.2. The van der Waals surface area contributed by atoms with Crippen molar-refractivity contribution < 1.29 is 9.53 Å². The Labute approximate surface area is 117 Å². The van der Waals surface area contributed by atoms with E-state index in [-0.39, 0.29) is 5.91 Å².